The highest BCUT2D eigenvalue weighted by atomic mass is 16.3. The summed E-state index contributed by atoms with van der Waals surface area (Å²) in [6.07, 6.45) is 2.63. The van der Waals surface area contributed by atoms with Gasteiger partial charge >= 0.3 is 0 Å². The second-order valence-electron chi connectivity index (χ2n) is 6.19. The van der Waals surface area contributed by atoms with Crippen LogP contribution in [0.15, 0.2) is 47.1 Å². The second-order valence-corrected chi connectivity index (χ2v) is 6.19. The van der Waals surface area contributed by atoms with Gasteiger partial charge in [-0.05, 0) is 30.2 Å². The molecule has 1 N–H and O–H groups in total. The molecule has 1 amide bonds. The summed E-state index contributed by atoms with van der Waals surface area (Å²) in [5.41, 5.74) is 2.11. The van der Waals surface area contributed by atoms with Gasteiger partial charge in [0.15, 0.2) is 0 Å². The fraction of sp³-hybridized carbons (Fsp3) is 0.421. The minimum atomic E-state index is 0.0652. The van der Waals surface area contributed by atoms with E-state index < -0.39 is 0 Å². The summed E-state index contributed by atoms with van der Waals surface area (Å²) < 4.78 is 5.40. The van der Waals surface area contributed by atoms with Crippen LogP contribution in [0.2, 0.25) is 0 Å². The van der Waals surface area contributed by atoms with E-state index in [1.54, 1.807) is 6.26 Å². The maximum absolute atomic E-state index is 12.3. The molecule has 1 aromatic heterocycles. The molecule has 0 spiro atoms. The van der Waals surface area contributed by atoms with Gasteiger partial charge < -0.3 is 9.73 Å². The highest BCUT2D eigenvalue weighted by Crippen LogP contribution is 2.15. The van der Waals surface area contributed by atoms with Crippen LogP contribution in [-0.2, 0) is 17.8 Å². The Balaban J connectivity index is 1.44. The Kier molecular flexibility index (Phi) is 5.67. The zero-order valence-corrected chi connectivity index (χ0v) is 14.2. The number of benzene rings is 1. The third-order valence-corrected chi connectivity index (χ3v) is 4.46. The van der Waals surface area contributed by atoms with Crippen molar-refractivity contribution in [2.24, 2.45) is 0 Å². The molecular formula is C19H25N3O2. The van der Waals surface area contributed by atoms with Crippen molar-refractivity contribution >= 4 is 11.6 Å². The lowest BCUT2D eigenvalue weighted by Crippen LogP contribution is -2.48. The molecule has 3 rings (SSSR count). The van der Waals surface area contributed by atoms with Crippen LogP contribution < -0.4 is 5.32 Å². The van der Waals surface area contributed by atoms with Gasteiger partial charge in [-0.1, -0.05) is 25.1 Å². The van der Waals surface area contributed by atoms with Crippen LogP contribution in [0.3, 0.4) is 0 Å². The first kappa shape index (κ1) is 16.7. The van der Waals surface area contributed by atoms with Gasteiger partial charge in [-0.2, -0.15) is 0 Å². The van der Waals surface area contributed by atoms with Crippen molar-refractivity contribution in [2.45, 2.75) is 19.9 Å². The fourth-order valence-electron chi connectivity index (χ4n) is 3.07. The molecule has 5 nitrogen and oxygen atoms in total. The molecule has 2 aromatic rings. The number of para-hydroxylation sites is 1. The van der Waals surface area contributed by atoms with E-state index in [1.165, 1.54) is 5.56 Å². The predicted octanol–water partition coefficient (Wildman–Crippen LogP) is 2.60. The lowest BCUT2D eigenvalue weighted by atomic mass is 10.1. The average Bonchev–Trinajstić information content (AvgIpc) is 3.10. The Morgan fingerprint density at radius 1 is 1.08 bits per heavy atom. The topological polar surface area (TPSA) is 48.7 Å². The summed E-state index contributed by atoms with van der Waals surface area (Å²) in [6, 6.07) is 11.9. The van der Waals surface area contributed by atoms with E-state index in [-0.39, 0.29) is 5.91 Å². The fourth-order valence-corrected chi connectivity index (χ4v) is 3.07. The van der Waals surface area contributed by atoms with Crippen LogP contribution in [0, 0.1) is 0 Å². The van der Waals surface area contributed by atoms with Gasteiger partial charge in [0.2, 0.25) is 5.91 Å². The first-order valence-corrected chi connectivity index (χ1v) is 8.59. The number of carbonyl (C=O) groups is 1. The molecule has 0 aliphatic carbocycles. The van der Waals surface area contributed by atoms with Crippen molar-refractivity contribution < 1.29 is 9.21 Å². The van der Waals surface area contributed by atoms with Crippen LogP contribution in [0.1, 0.15) is 18.2 Å². The van der Waals surface area contributed by atoms with Crippen LogP contribution in [0.25, 0.3) is 0 Å². The number of aryl methyl sites for hydroxylation is 1. The zero-order chi connectivity index (χ0) is 16.8. The lowest BCUT2D eigenvalue weighted by molar-refractivity contribution is -0.117. The molecule has 0 saturated carbocycles. The summed E-state index contributed by atoms with van der Waals surface area (Å²) in [7, 11) is 0. The van der Waals surface area contributed by atoms with Crippen LogP contribution in [0.4, 0.5) is 5.69 Å². The molecule has 0 radical (unpaired) electrons. The third-order valence-electron chi connectivity index (χ3n) is 4.46. The number of rotatable bonds is 6. The Hall–Kier alpha value is -2.11. The molecule has 2 heterocycles. The molecule has 128 valence electrons. The molecule has 1 saturated heterocycles. The van der Waals surface area contributed by atoms with E-state index in [0.29, 0.717) is 6.54 Å². The Labute approximate surface area is 143 Å². The predicted molar refractivity (Wildman–Crippen MR) is 94.9 cm³/mol. The van der Waals surface area contributed by atoms with Crippen LogP contribution in [-0.4, -0.2) is 48.4 Å². The van der Waals surface area contributed by atoms with Crippen LogP contribution in [0.5, 0.6) is 0 Å². The standard InChI is InChI=1S/C19H25N3O2/c1-2-16-6-3-4-8-18(16)20-19(23)15-22-11-9-21(10-12-22)14-17-7-5-13-24-17/h3-8,13H,2,9-12,14-15H2,1H3,(H,20,23). The van der Waals surface area contributed by atoms with E-state index in [0.717, 1.165) is 50.6 Å². The van der Waals surface area contributed by atoms with E-state index in [9.17, 15) is 4.79 Å². The smallest absolute Gasteiger partial charge is 0.238 e. The largest absolute Gasteiger partial charge is 0.468 e. The quantitative estimate of drug-likeness (QED) is 0.886. The number of nitrogens with zero attached hydrogens (tertiary/aromatic N) is 2. The molecule has 0 atom stereocenters. The van der Waals surface area contributed by atoms with E-state index in [4.69, 9.17) is 4.42 Å². The second kappa shape index (κ2) is 8.13. The molecule has 1 aliphatic heterocycles. The molecular weight excluding hydrogens is 302 g/mol. The summed E-state index contributed by atoms with van der Waals surface area (Å²) in [5, 5.41) is 3.05. The normalized spacial score (nSPS) is 16.2. The van der Waals surface area contributed by atoms with Crippen molar-refractivity contribution in [3.05, 3.63) is 54.0 Å². The maximum atomic E-state index is 12.3. The van der Waals surface area contributed by atoms with Crippen molar-refractivity contribution in [3.8, 4) is 0 Å². The minimum Gasteiger partial charge on any atom is -0.468 e. The zero-order valence-electron chi connectivity index (χ0n) is 14.2. The number of amides is 1. The third kappa shape index (κ3) is 4.46. The Bertz CT molecular complexity index is 646. The SMILES string of the molecule is CCc1ccccc1NC(=O)CN1CCN(Cc2ccco2)CC1. The van der Waals surface area contributed by atoms with E-state index >= 15 is 0 Å². The van der Waals surface area contributed by atoms with Crippen molar-refractivity contribution in [1.29, 1.82) is 0 Å². The summed E-state index contributed by atoms with van der Waals surface area (Å²) >= 11 is 0. The van der Waals surface area contributed by atoms with Gasteiger partial charge in [0.05, 0.1) is 19.4 Å². The van der Waals surface area contributed by atoms with Gasteiger partial charge in [0.1, 0.15) is 5.76 Å². The maximum Gasteiger partial charge on any atom is 0.238 e. The minimum absolute atomic E-state index is 0.0652. The first-order valence-electron chi connectivity index (χ1n) is 8.59. The highest BCUT2D eigenvalue weighted by Gasteiger charge is 2.19. The summed E-state index contributed by atoms with van der Waals surface area (Å²) in [5.74, 6) is 1.06. The lowest BCUT2D eigenvalue weighted by Gasteiger charge is -2.33. The molecule has 24 heavy (non-hydrogen) atoms. The summed E-state index contributed by atoms with van der Waals surface area (Å²) in [4.78, 5) is 16.9. The molecule has 5 heteroatoms. The average molecular weight is 327 g/mol. The van der Waals surface area contributed by atoms with Gasteiger partial charge in [-0.15, -0.1) is 0 Å². The number of furan rings is 1. The number of hydrogen-bond acceptors (Lipinski definition) is 4. The number of hydrogen-bond donors (Lipinski definition) is 1. The van der Waals surface area contributed by atoms with Gasteiger partial charge in [0.25, 0.3) is 0 Å². The van der Waals surface area contributed by atoms with Crippen LogP contribution >= 0.6 is 0 Å². The van der Waals surface area contributed by atoms with Crippen molar-refractivity contribution in [2.75, 3.05) is 38.0 Å². The van der Waals surface area contributed by atoms with E-state index in [2.05, 4.69) is 28.1 Å². The Morgan fingerprint density at radius 3 is 2.54 bits per heavy atom. The summed E-state index contributed by atoms with van der Waals surface area (Å²) in [6.45, 7) is 7.12. The molecule has 1 aliphatic rings. The van der Waals surface area contributed by atoms with Gasteiger partial charge in [-0.25, -0.2) is 0 Å². The van der Waals surface area contributed by atoms with Crippen molar-refractivity contribution in [3.63, 3.8) is 0 Å². The van der Waals surface area contributed by atoms with E-state index in [1.807, 2.05) is 30.3 Å². The molecule has 0 bridgehead atoms. The number of anilines is 1. The van der Waals surface area contributed by atoms with Crippen molar-refractivity contribution in [1.82, 2.24) is 9.80 Å². The Morgan fingerprint density at radius 2 is 1.83 bits per heavy atom. The van der Waals surface area contributed by atoms with Gasteiger partial charge in [0, 0.05) is 31.9 Å². The highest BCUT2D eigenvalue weighted by molar-refractivity contribution is 5.93. The number of piperazine rings is 1. The molecule has 0 unspecified atom stereocenters. The van der Waals surface area contributed by atoms with Gasteiger partial charge in [-0.3, -0.25) is 14.6 Å². The molecule has 1 fully saturated rings. The first-order chi connectivity index (χ1) is 11.7. The number of carbonyl (C=O) groups excluding carboxylic acids is 1. The molecule has 1 aromatic carbocycles. The number of nitrogens with one attached hydrogen (secondary N) is 1. The monoisotopic (exact) mass is 327 g/mol.